The molecule has 0 saturated carbocycles. The summed E-state index contributed by atoms with van der Waals surface area (Å²) in [7, 11) is 0. The Hall–Kier alpha value is -1.49. The predicted molar refractivity (Wildman–Crippen MR) is 73.5 cm³/mol. The van der Waals surface area contributed by atoms with Crippen LogP contribution in [0, 0.1) is 6.92 Å². The largest absolute Gasteiger partial charge is 0.398 e. The third-order valence-corrected chi connectivity index (χ3v) is 3.82. The summed E-state index contributed by atoms with van der Waals surface area (Å²) in [6, 6.07) is 5.91. The van der Waals surface area contributed by atoms with Crippen LogP contribution >= 0.6 is 11.8 Å². The van der Waals surface area contributed by atoms with Crippen molar-refractivity contribution in [1.82, 2.24) is 10.1 Å². The first-order valence-corrected chi connectivity index (χ1v) is 6.87. The molecule has 1 aromatic heterocycles. The van der Waals surface area contributed by atoms with Crippen molar-refractivity contribution in [2.45, 2.75) is 37.3 Å². The number of thioether (sulfide) groups is 1. The Balaban J connectivity index is 2.04. The first-order valence-electron chi connectivity index (χ1n) is 5.88. The van der Waals surface area contributed by atoms with Crippen molar-refractivity contribution in [2.75, 3.05) is 5.73 Å². The molecule has 0 saturated heterocycles. The minimum atomic E-state index is 0.293. The van der Waals surface area contributed by atoms with Gasteiger partial charge in [-0.15, -0.1) is 11.8 Å². The number of rotatable bonds is 4. The van der Waals surface area contributed by atoms with Crippen molar-refractivity contribution in [1.29, 1.82) is 0 Å². The third kappa shape index (κ3) is 2.85. The topological polar surface area (TPSA) is 64.9 Å². The van der Waals surface area contributed by atoms with Crippen LogP contribution in [0.15, 0.2) is 27.6 Å². The van der Waals surface area contributed by atoms with Gasteiger partial charge in [0.15, 0.2) is 5.82 Å². The van der Waals surface area contributed by atoms with Gasteiger partial charge in [-0.3, -0.25) is 0 Å². The smallest absolute Gasteiger partial charge is 0.237 e. The van der Waals surface area contributed by atoms with Gasteiger partial charge < -0.3 is 10.3 Å². The highest BCUT2D eigenvalue weighted by atomic mass is 32.2. The second kappa shape index (κ2) is 5.44. The number of hydrogen-bond acceptors (Lipinski definition) is 5. The molecule has 5 heteroatoms. The lowest BCUT2D eigenvalue weighted by Crippen LogP contribution is -1.92. The molecule has 2 rings (SSSR count). The molecule has 0 aliphatic rings. The fraction of sp³-hybridized carbons (Fsp3) is 0.385. The van der Waals surface area contributed by atoms with E-state index in [1.807, 2.05) is 32.9 Å². The molecule has 2 aromatic rings. The number of benzene rings is 1. The standard InChI is InChI=1S/C13H17N3OS/c1-8(2)13-15-12(17-16-13)7-18-11-6-4-5-10(14)9(11)3/h4-6,8H,7,14H2,1-3H3. The van der Waals surface area contributed by atoms with E-state index in [9.17, 15) is 0 Å². The minimum Gasteiger partial charge on any atom is -0.398 e. The number of hydrogen-bond donors (Lipinski definition) is 1. The molecule has 0 unspecified atom stereocenters. The molecule has 1 aromatic carbocycles. The molecular formula is C13H17N3OS. The molecule has 0 aliphatic heterocycles. The lowest BCUT2D eigenvalue weighted by Gasteiger charge is -2.05. The highest BCUT2D eigenvalue weighted by Gasteiger charge is 2.10. The molecule has 96 valence electrons. The number of nitrogens with two attached hydrogens (primary N) is 1. The molecule has 1 heterocycles. The fourth-order valence-corrected chi connectivity index (χ4v) is 2.39. The van der Waals surface area contributed by atoms with E-state index < -0.39 is 0 Å². The molecule has 0 amide bonds. The Morgan fingerprint density at radius 3 is 2.83 bits per heavy atom. The van der Waals surface area contributed by atoms with Gasteiger partial charge in [-0.2, -0.15) is 4.98 Å². The molecule has 18 heavy (non-hydrogen) atoms. The molecule has 0 atom stereocenters. The van der Waals surface area contributed by atoms with Crippen molar-refractivity contribution < 1.29 is 4.52 Å². The summed E-state index contributed by atoms with van der Waals surface area (Å²) < 4.78 is 5.20. The number of aromatic nitrogens is 2. The van der Waals surface area contributed by atoms with Crippen LogP contribution in [0.1, 0.15) is 37.0 Å². The molecule has 4 nitrogen and oxygen atoms in total. The van der Waals surface area contributed by atoms with Crippen LogP contribution in [0.3, 0.4) is 0 Å². The first-order chi connectivity index (χ1) is 8.58. The van der Waals surface area contributed by atoms with Gasteiger partial charge >= 0.3 is 0 Å². The Labute approximate surface area is 111 Å². The van der Waals surface area contributed by atoms with Gasteiger partial charge in [-0.25, -0.2) is 0 Å². The van der Waals surface area contributed by atoms with E-state index >= 15 is 0 Å². The minimum absolute atomic E-state index is 0.293. The summed E-state index contributed by atoms with van der Waals surface area (Å²) in [6.45, 7) is 6.11. The van der Waals surface area contributed by atoms with Gasteiger partial charge in [0, 0.05) is 16.5 Å². The zero-order chi connectivity index (χ0) is 13.1. The maximum Gasteiger partial charge on any atom is 0.237 e. The van der Waals surface area contributed by atoms with E-state index in [4.69, 9.17) is 10.3 Å². The predicted octanol–water partition coefficient (Wildman–Crippen LogP) is 3.38. The summed E-state index contributed by atoms with van der Waals surface area (Å²) in [4.78, 5) is 5.50. The molecule has 2 N–H and O–H groups in total. The quantitative estimate of drug-likeness (QED) is 0.676. The molecule has 0 fully saturated rings. The second-order valence-corrected chi connectivity index (χ2v) is 5.48. The van der Waals surface area contributed by atoms with Gasteiger partial charge in [0.25, 0.3) is 0 Å². The van der Waals surface area contributed by atoms with Crippen molar-refractivity contribution in [3.63, 3.8) is 0 Å². The number of nitrogens with zero attached hydrogens (tertiary/aromatic N) is 2. The Morgan fingerprint density at radius 2 is 2.17 bits per heavy atom. The summed E-state index contributed by atoms with van der Waals surface area (Å²) in [5.74, 6) is 2.38. The maximum atomic E-state index is 5.87. The zero-order valence-electron chi connectivity index (χ0n) is 10.8. The first kappa shape index (κ1) is 13.0. The normalized spacial score (nSPS) is 11.1. The highest BCUT2D eigenvalue weighted by molar-refractivity contribution is 7.98. The summed E-state index contributed by atoms with van der Waals surface area (Å²) in [5.41, 5.74) is 7.78. The van der Waals surface area contributed by atoms with Gasteiger partial charge in [-0.05, 0) is 24.6 Å². The molecule has 0 spiro atoms. The van der Waals surface area contributed by atoms with Crippen LogP contribution < -0.4 is 5.73 Å². The maximum absolute atomic E-state index is 5.87. The van der Waals surface area contributed by atoms with Gasteiger partial charge in [-0.1, -0.05) is 25.1 Å². The van der Waals surface area contributed by atoms with Crippen LogP contribution in [0.25, 0.3) is 0 Å². The summed E-state index contributed by atoms with van der Waals surface area (Å²) in [6.07, 6.45) is 0. The molecule has 0 radical (unpaired) electrons. The molecule has 0 bridgehead atoms. The van der Waals surface area contributed by atoms with Crippen molar-refractivity contribution >= 4 is 17.4 Å². The number of anilines is 1. The van der Waals surface area contributed by atoms with E-state index in [1.54, 1.807) is 11.8 Å². The molecular weight excluding hydrogens is 246 g/mol. The van der Waals surface area contributed by atoms with E-state index in [0.29, 0.717) is 17.6 Å². The summed E-state index contributed by atoms with van der Waals surface area (Å²) >= 11 is 1.66. The number of nitrogen functional groups attached to an aromatic ring is 1. The van der Waals surface area contributed by atoms with Crippen molar-refractivity contribution in [2.24, 2.45) is 0 Å². The zero-order valence-corrected chi connectivity index (χ0v) is 11.6. The fourth-order valence-electron chi connectivity index (χ4n) is 1.49. The van der Waals surface area contributed by atoms with E-state index in [2.05, 4.69) is 16.2 Å². The van der Waals surface area contributed by atoms with E-state index in [1.165, 1.54) is 0 Å². The third-order valence-electron chi connectivity index (χ3n) is 2.68. The van der Waals surface area contributed by atoms with Gasteiger partial charge in [0.2, 0.25) is 5.89 Å². The summed E-state index contributed by atoms with van der Waals surface area (Å²) in [5, 5.41) is 3.94. The average molecular weight is 263 g/mol. The van der Waals surface area contributed by atoms with E-state index in [0.717, 1.165) is 22.0 Å². The van der Waals surface area contributed by atoms with Crippen LogP contribution in [0.5, 0.6) is 0 Å². The second-order valence-electron chi connectivity index (χ2n) is 4.46. The lowest BCUT2D eigenvalue weighted by molar-refractivity contribution is 0.383. The van der Waals surface area contributed by atoms with Crippen molar-refractivity contribution in [3.8, 4) is 0 Å². The van der Waals surface area contributed by atoms with Crippen LogP contribution in [0.4, 0.5) is 5.69 Å². The van der Waals surface area contributed by atoms with Gasteiger partial charge in [0.1, 0.15) is 0 Å². The Bertz CT molecular complexity index is 537. The molecule has 0 aliphatic carbocycles. The van der Waals surface area contributed by atoms with Gasteiger partial charge in [0.05, 0.1) is 5.75 Å². The van der Waals surface area contributed by atoms with Crippen LogP contribution in [0.2, 0.25) is 0 Å². The monoisotopic (exact) mass is 263 g/mol. The average Bonchev–Trinajstić information content (AvgIpc) is 2.80. The highest BCUT2D eigenvalue weighted by Crippen LogP contribution is 2.28. The lowest BCUT2D eigenvalue weighted by atomic mass is 10.2. The Morgan fingerprint density at radius 1 is 1.39 bits per heavy atom. The van der Waals surface area contributed by atoms with Crippen LogP contribution in [-0.4, -0.2) is 10.1 Å². The Kier molecular flexibility index (Phi) is 3.91. The van der Waals surface area contributed by atoms with Crippen LogP contribution in [-0.2, 0) is 5.75 Å². The SMILES string of the molecule is Cc1c(N)cccc1SCc1nc(C(C)C)no1. The van der Waals surface area contributed by atoms with E-state index in [-0.39, 0.29) is 0 Å². The van der Waals surface area contributed by atoms with Crippen molar-refractivity contribution in [3.05, 3.63) is 35.5 Å².